The van der Waals surface area contributed by atoms with Gasteiger partial charge in [-0.3, -0.25) is 4.79 Å². The summed E-state index contributed by atoms with van der Waals surface area (Å²) in [4.78, 5) is 14.9. The summed E-state index contributed by atoms with van der Waals surface area (Å²) >= 11 is 0. The van der Waals surface area contributed by atoms with Crippen LogP contribution in [-0.4, -0.2) is 63.0 Å². The molecule has 0 aromatic rings. The Morgan fingerprint density at radius 2 is 1.95 bits per heavy atom. The van der Waals surface area contributed by atoms with Gasteiger partial charge in [-0.2, -0.15) is 0 Å². The van der Waals surface area contributed by atoms with Crippen LogP contribution in [0.1, 0.15) is 38.5 Å². The number of carbonyl (C=O) groups is 1. The van der Waals surface area contributed by atoms with E-state index in [-0.39, 0.29) is 23.3 Å². The van der Waals surface area contributed by atoms with Gasteiger partial charge in [0.2, 0.25) is 5.91 Å². The van der Waals surface area contributed by atoms with Crippen molar-refractivity contribution >= 4 is 5.91 Å². The first kappa shape index (κ1) is 16.7. The van der Waals surface area contributed by atoms with Gasteiger partial charge < -0.3 is 19.5 Å². The topological polar surface area (TPSA) is 59.0 Å². The molecule has 2 rings (SSSR count). The van der Waals surface area contributed by atoms with E-state index in [4.69, 9.17) is 9.47 Å². The van der Waals surface area contributed by atoms with E-state index < -0.39 is 0 Å². The Labute approximate surface area is 127 Å². The van der Waals surface area contributed by atoms with Crippen LogP contribution in [0.15, 0.2) is 0 Å². The third kappa shape index (κ3) is 3.41. The molecule has 1 aliphatic heterocycles. The molecule has 0 bridgehead atoms. The Morgan fingerprint density at radius 1 is 1.19 bits per heavy atom. The van der Waals surface area contributed by atoms with Crippen LogP contribution >= 0.6 is 0 Å². The van der Waals surface area contributed by atoms with E-state index in [1.165, 1.54) is 0 Å². The minimum absolute atomic E-state index is 0.122. The SMILES string of the molecule is COCC[C@]1(CO)CCCN(C(=O)C2(COC)CCC2)C1. The average Bonchev–Trinajstić information content (AvgIpc) is 2.48. The zero-order chi connectivity index (χ0) is 15.3. The van der Waals surface area contributed by atoms with Gasteiger partial charge in [0.15, 0.2) is 0 Å². The minimum atomic E-state index is -0.297. The number of carbonyl (C=O) groups excluding carboxylic acids is 1. The second kappa shape index (κ2) is 7.07. The molecule has 1 atom stereocenters. The van der Waals surface area contributed by atoms with Gasteiger partial charge in [-0.1, -0.05) is 6.42 Å². The highest BCUT2D eigenvalue weighted by molar-refractivity contribution is 5.84. The number of methoxy groups -OCH3 is 2. The number of likely N-dealkylation sites (tertiary alicyclic amines) is 1. The van der Waals surface area contributed by atoms with E-state index >= 15 is 0 Å². The first-order chi connectivity index (χ1) is 10.1. The van der Waals surface area contributed by atoms with Crippen LogP contribution in [0.2, 0.25) is 0 Å². The Morgan fingerprint density at radius 3 is 2.48 bits per heavy atom. The number of hydrogen-bond donors (Lipinski definition) is 1. The van der Waals surface area contributed by atoms with Gasteiger partial charge in [0.05, 0.1) is 18.6 Å². The highest BCUT2D eigenvalue weighted by Gasteiger charge is 2.48. The first-order valence-corrected chi connectivity index (χ1v) is 8.00. The van der Waals surface area contributed by atoms with E-state index in [1.807, 2.05) is 4.90 Å². The Balaban J connectivity index is 2.04. The molecule has 0 aromatic heterocycles. The van der Waals surface area contributed by atoms with Gasteiger partial charge in [-0.15, -0.1) is 0 Å². The molecule has 1 saturated heterocycles. The lowest BCUT2D eigenvalue weighted by atomic mass is 9.67. The summed E-state index contributed by atoms with van der Waals surface area (Å²) in [5, 5.41) is 9.83. The van der Waals surface area contributed by atoms with Gasteiger partial charge in [-0.25, -0.2) is 0 Å². The number of amides is 1. The molecule has 2 fully saturated rings. The van der Waals surface area contributed by atoms with Crippen molar-refractivity contribution in [1.29, 1.82) is 0 Å². The molecule has 1 saturated carbocycles. The van der Waals surface area contributed by atoms with Gasteiger partial charge >= 0.3 is 0 Å². The van der Waals surface area contributed by atoms with E-state index in [1.54, 1.807) is 14.2 Å². The highest BCUT2D eigenvalue weighted by Crippen LogP contribution is 2.44. The van der Waals surface area contributed by atoms with E-state index in [9.17, 15) is 9.90 Å². The molecule has 1 heterocycles. The summed E-state index contributed by atoms with van der Waals surface area (Å²) in [5.74, 6) is 0.227. The fourth-order valence-electron chi connectivity index (χ4n) is 3.75. The first-order valence-electron chi connectivity index (χ1n) is 8.00. The number of rotatable bonds is 7. The number of aliphatic hydroxyl groups is 1. The minimum Gasteiger partial charge on any atom is -0.396 e. The smallest absolute Gasteiger partial charge is 0.231 e. The summed E-state index contributed by atoms with van der Waals surface area (Å²) in [6, 6.07) is 0. The zero-order valence-electron chi connectivity index (χ0n) is 13.4. The normalized spacial score (nSPS) is 28.2. The largest absolute Gasteiger partial charge is 0.396 e. The van der Waals surface area contributed by atoms with Crippen molar-refractivity contribution in [2.24, 2.45) is 10.8 Å². The lowest BCUT2D eigenvalue weighted by molar-refractivity contribution is -0.157. The predicted molar refractivity (Wildman–Crippen MR) is 80.0 cm³/mol. The van der Waals surface area contributed by atoms with Crippen LogP contribution in [0.25, 0.3) is 0 Å². The molecule has 1 N–H and O–H groups in total. The number of hydrogen-bond acceptors (Lipinski definition) is 4. The van der Waals surface area contributed by atoms with Gasteiger partial charge in [-0.05, 0) is 32.1 Å². The maximum absolute atomic E-state index is 12.9. The van der Waals surface area contributed by atoms with Crippen molar-refractivity contribution in [3.8, 4) is 0 Å². The molecule has 5 nitrogen and oxygen atoms in total. The van der Waals surface area contributed by atoms with E-state index in [0.29, 0.717) is 19.8 Å². The van der Waals surface area contributed by atoms with Gasteiger partial charge in [0.25, 0.3) is 0 Å². The third-order valence-corrected chi connectivity index (χ3v) is 5.31. The van der Waals surface area contributed by atoms with Crippen molar-refractivity contribution in [3.63, 3.8) is 0 Å². The maximum atomic E-state index is 12.9. The van der Waals surface area contributed by atoms with Crippen molar-refractivity contribution in [1.82, 2.24) is 4.90 Å². The highest BCUT2D eigenvalue weighted by atomic mass is 16.5. The number of piperidine rings is 1. The molecule has 1 amide bonds. The molecule has 0 spiro atoms. The molecule has 1 aliphatic carbocycles. The molecule has 2 aliphatic rings. The predicted octanol–water partition coefficient (Wildman–Crippen LogP) is 1.44. The second-order valence-corrected chi connectivity index (χ2v) is 6.80. The standard InChI is InChI=1S/C16H29NO4/c1-20-10-8-15(12-18)5-4-9-17(11-15)14(19)16(13-21-2)6-3-7-16/h18H,3-13H2,1-2H3/t15-/m1/s1. The Kier molecular flexibility index (Phi) is 5.63. The van der Waals surface area contributed by atoms with Crippen LogP contribution in [0.3, 0.4) is 0 Å². The Hall–Kier alpha value is -0.650. The average molecular weight is 299 g/mol. The second-order valence-electron chi connectivity index (χ2n) is 6.80. The third-order valence-electron chi connectivity index (χ3n) is 5.31. The molecule has 0 aromatic carbocycles. The van der Waals surface area contributed by atoms with Crippen molar-refractivity contribution in [2.75, 3.05) is 47.1 Å². The zero-order valence-corrected chi connectivity index (χ0v) is 13.4. The quantitative estimate of drug-likeness (QED) is 0.773. The summed E-state index contributed by atoms with van der Waals surface area (Å²) < 4.78 is 10.5. The lowest BCUT2D eigenvalue weighted by Crippen LogP contribution is -2.56. The van der Waals surface area contributed by atoms with E-state index in [0.717, 1.165) is 45.1 Å². The van der Waals surface area contributed by atoms with Crippen molar-refractivity contribution in [3.05, 3.63) is 0 Å². The van der Waals surface area contributed by atoms with Crippen LogP contribution < -0.4 is 0 Å². The summed E-state index contributed by atoms with van der Waals surface area (Å²) in [6.07, 6.45) is 5.70. The van der Waals surface area contributed by atoms with Crippen LogP contribution in [-0.2, 0) is 14.3 Å². The molecule has 21 heavy (non-hydrogen) atoms. The molecular formula is C16H29NO4. The summed E-state index contributed by atoms with van der Waals surface area (Å²) in [7, 11) is 3.35. The lowest BCUT2D eigenvalue weighted by Gasteiger charge is -2.48. The Bertz CT molecular complexity index is 356. The van der Waals surface area contributed by atoms with Crippen molar-refractivity contribution in [2.45, 2.75) is 38.5 Å². The number of aliphatic hydroxyl groups excluding tert-OH is 1. The van der Waals surface area contributed by atoms with Crippen LogP contribution in [0.5, 0.6) is 0 Å². The van der Waals surface area contributed by atoms with E-state index in [2.05, 4.69) is 0 Å². The van der Waals surface area contributed by atoms with Gasteiger partial charge in [0.1, 0.15) is 0 Å². The molecule has 122 valence electrons. The van der Waals surface area contributed by atoms with Gasteiger partial charge in [0, 0.05) is 39.3 Å². The summed E-state index contributed by atoms with van der Waals surface area (Å²) in [6.45, 7) is 2.73. The van der Waals surface area contributed by atoms with Crippen LogP contribution in [0.4, 0.5) is 0 Å². The fraction of sp³-hybridized carbons (Fsp3) is 0.938. The van der Waals surface area contributed by atoms with Crippen LogP contribution in [0, 0.1) is 10.8 Å². The summed E-state index contributed by atoms with van der Waals surface area (Å²) in [5.41, 5.74) is -0.490. The molecule has 5 heteroatoms. The number of nitrogens with zero attached hydrogens (tertiary/aromatic N) is 1. The molecule has 0 radical (unpaired) electrons. The maximum Gasteiger partial charge on any atom is 0.231 e. The molecule has 0 unspecified atom stereocenters. The van der Waals surface area contributed by atoms with Crippen molar-refractivity contribution < 1.29 is 19.4 Å². The number of ether oxygens (including phenoxy) is 2. The monoisotopic (exact) mass is 299 g/mol. The molecular weight excluding hydrogens is 270 g/mol. The fourth-order valence-corrected chi connectivity index (χ4v) is 3.75.